The van der Waals surface area contributed by atoms with E-state index in [1.807, 2.05) is 39.0 Å². The quantitative estimate of drug-likeness (QED) is 0.674. The topological polar surface area (TPSA) is 107 Å². The second kappa shape index (κ2) is 7.87. The first-order valence-corrected chi connectivity index (χ1v) is 9.52. The molecule has 3 rings (SSSR count). The molecule has 0 aliphatic carbocycles. The molecular formula is C19H23N5O2S. The summed E-state index contributed by atoms with van der Waals surface area (Å²) in [5.41, 5.74) is 7.30. The fourth-order valence-corrected chi connectivity index (χ4v) is 3.30. The van der Waals surface area contributed by atoms with Crippen LogP contribution in [0.3, 0.4) is 0 Å². The third kappa shape index (κ3) is 5.37. The second-order valence-corrected chi connectivity index (χ2v) is 8.49. The SMILES string of the molecule is CC(C)(C)c1cc(CC(=O)Nc2ncc(CCc3ccnc(N)c3)s2)no1. The maximum Gasteiger partial charge on any atom is 0.232 e. The number of thiazole rings is 1. The number of nitrogens with two attached hydrogens (primary N) is 1. The van der Waals surface area contributed by atoms with Gasteiger partial charge < -0.3 is 15.6 Å². The fourth-order valence-electron chi connectivity index (χ4n) is 2.47. The van der Waals surface area contributed by atoms with Crippen LogP contribution >= 0.6 is 11.3 Å². The highest BCUT2D eigenvalue weighted by Crippen LogP contribution is 2.23. The fraction of sp³-hybridized carbons (Fsp3) is 0.368. The molecule has 0 aromatic carbocycles. The summed E-state index contributed by atoms with van der Waals surface area (Å²) in [6.07, 6.45) is 5.33. The Morgan fingerprint density at radius 2 is 2.07 bits per heavy atom. The smallest absolute Gasteiger partial charge is 0.232 e. The van der Waals surface area contributed by atoms with E-state index in [9.17, 15) is 4.79 Å². The Morgan fingerprint density at radius 3 is 2.78 bits per heavy atom. The molecule has 27 heavy (non-hydrogen) atoms. The number of nitrogens with zero attached hydrogens (tertiary/aromatic N) is 3. The predicted molar refractivity (Wildman–Crippen MR) is 106 cm³/mol. The van der Waals surface area contributed by atoms with Gasteiger partial charge in [0.1, 0.15) is 11.6 Å². The van der Waals surface area contributed by atoms with Gasteiger partial charge in [0.25, 0.3) is 0 Å². The molecular weight excluding hydrogens is 362 g/mol. The van der Waals surface area contributed by atoms with Crippen molar-refractivity contribution >= 4 is 28.2 Å². The van der Waals surface area contributed by atoms with E-state index in [-0.39, 0.29) is 17.7 Å². The van der Waals surface area contributed by atoms with Crippen molar-refractivity contribution in [3.05, 3.63) is 52.5 Å². The van der Waals surface area contributed by atoms with Crippen LogP contribution in [-0.4, -0.2) is 21.0 Å². The van der Waals surface area contributed by atoms with Gasteiger partial charge in [-0.05, 0) is 30.5 Å². The molecule has 0 aliphatic heterocycles. The third-order valence-electron chi connectivity index (χ3n) is 3.95. The molecule has 0 bridgehead atoms. The highest BCUT2D eigenvalue weighted by atomic mass is 32.1. The Morgan fingerprint density at radius 1 is 1.26 bits per heavy atom. The molecule has 3 aromatic heterocycles. The summed E-state index contributed by atoms with van der Waals surface area (Å²) in [6, 6.07) is 5.64. The number of aryl methyl sites for hydroxylation is 2. The summed E-state index contributed by atoms with van der Waals surface area (Å²) in [5, 5.41) is 7.38. The zero-order valence-corrected chi connectivity index (χ0v) is 16.5. The first-order chi connectivity index (χ1) is 12.8. The maximum absolute atomic E-state index is 12.2. The maximum atomic E-state index is 12.2. The van der Waals surface area contributed by atoms with Gasteiger partial charge in [0, 0.05) is 28.8 Å². The van der Waals surface area contributed by atoms with Crippen molar-refractivity contribution in [3.8, 4) is 0 Å². The van der Waals surface area contributed by atoms with Gasteiger partial charge in [-0.15, -0.1) is 11.3 Å². The summed E-state index contributed by atoms with van der Waals surface area (Å²) in [6.45, 7) is 6.11. The lowest BCUT2D eigenvalue weighted by Gasteiger charge is -2.12. The first kappa shape index (κ1) is 19.0. The summed E-state index contributed by atoms with van der Waals surface area (Å²) < 4.78 is 5.31. The number of rotatable bonds is 6. The molecule has 3 aromatic rings. The van der Waals surface area contributed by atoms with E-state index in [0.29, 0.717) is 16.6 Å². The molecule has 3 N–H and O–H groups in total. The van der Waals surface area contributed by atoms with Gasteiger partial charge in [-0.2, -0.15) is 0 Å². The standard InChI is InChI=1S/C19H23N5O2S/c1-19(2,3)15-9-13(24-26-15)10-17(25)23-18-22-11-14(27-18)5-4-12-6-7-21-16(20)8-12/h6-9,11H,4-5,10H2,1-3H3,(H2,20,21)(H,22,23,25). The normalized spacial score (nSPS) is 11.5. The van der Waals surface area contributed by atoms with Crippen molar-refractivity contribution in [3.63, 3.8) is 0 Å². The molecule has 0 radical (unpaired) electrons. The summed E-state index contributed by atoms with van der Waals surface area (Å²) in [7, 11) is 0. The van der Waals surface area contributed by atoms with E-state index < -0.39 is 0 Å². The van der Waals surface area contributed by atoms with Crippen LogP contribution in [0.25, 0.3) is 0 Å². The summed E-state index contributed by atoms with van der Waals surface area (Å²) in [4.78, 5) is 21.6. The van der Waals surface area contributed by atoms with Crippen molar-refractivity contribution < 1.29 is 9.32 Å². The number of hydrogen-bond donors (Lipinski definition) is 2. The molecule has 0 saturated carbocycles. The number of carbonyl (C=O) groups is 1. The van der Waals surface area contributed by atoms with Gasteiger partial charge in [0.15, 0.2) is 5.13 Å². The molecule has 8 heteroatoms. The van der Waals surface area contributed by atoms with Crippen molar-refractivity contribution in [2.45, 2.75) is 45.4 Å². The van der Waals surface area contributed by atoms with Gasteiger partial charge in [0.05, 0.1) is 12.1 Å². The lowest BCUT2D eigenvalue weighted by molar-refractivity contribution is -0.115. The number of nitrogens with one attached hydrogen (secondary N) is 1. The number of hydrogen-bond acceptors (Lipinski definition) is 7. The molecule has 3 heterocycles. The molecule has 0 unspecified atom stereocenters. The van der Waals surface area contributed by atoms with Crippen LogP contribution in [0.4, 0.5) is 10.9 Å². The van der Waals surface area contributed by atoms with E-state index in [2.05, 4.69) is 20.4 Å². The zero-order valence-electron chi connectivity index (χ0n) is 15.7. The van der Waals surface area contributed by atoms with Gasteiger partial charge in [-0.3, -0.25) is 4.79 Å². The van der Waals surface area contributed by atoms with E-state index in [1.165, 1.54) is 11.3 Å². The van der Waals surface area contributed by atoms with Gasteiger partial charge in [0.2, 0.25) is 5.91 Å². The number of pyridine rings is 1. The highest BCUT2D eigenvalue weighted by molar-refractivity contribution is 7.15. The Hall–Kier alpha value is -2.74. The van der Waals surface area contributed by atoms with E-state index in [4.69, 9.17) is 10.3 Å². The Balaban J connectivity index is 1.52. The predicted octanol–water partition coefficient (Wildman–Crippen LogP) is 3.37. The summed E-state index contributed by atoms with van der Waals surface area (Å²) >= 11 is 1.47. The van der Waals surface area contributed by atoms with E-state index in [0.717, 1.165) is 29.0 Å². The zero-order chi connectivity index (χ0) is 19.4. The Kier molecular flexibility index (Phi) is 5.55. The number of anilines is 2. The van der Waals surface area contributed by atoms with Gasteiger partial charge >= 0.3 is 0 Å². The van der Waals surface area contributed by atoms with Crippen LogP contribution in [0, 0.1) is 0 Å². The van der Waals surface area contributed by atoms with Crippen molar-refractivity contribution in [1.29, 1.82) is 0 Å². The lowest BCUT2D eigenvalue weighted by atomic mass is 9.93. The molecule has 7 nitrogen and oxygen atoms in total. The first-order valence-electron chi connectivity index (χ1n) is 8.70. The summed E-state index contributed by atoms with van der Waals surface area (Å²) in [5.74, 6) is 1.12. The number of carbonyl (C=O) groups excluding carboxylic acids is 1. The molecule has 0 spiro atoms. The second-order valence-electron chi connectivity index (χ2n) is 7.38. The lowest BCUT2D eigenvalue weighted by Crippen LogP contribution is -2.14. The largest absolute Gasteiger partial charge is 0.384 e. The Bertz CT molecular complexity index is 926. The number of amides is 1. The number of nitrogen functional groups attached to an aromatic ring is 1. The van der Waals surface area contributed by atoms with Crippen molar-refractivity contribution in [1.82, 2.24) is 15.1 Å². The van der Waals surface area contributed by atoms with Crippen molar-refractivity contribution in [2.24, 2.45) is 0 Å². The minimum absolute atomic E-state index is 0.134. The monoisotopic (exact) mass is 385 g/mol. The number of aromatic nitrogens is 3. The van der Waals surface area contributed by atoms with Crippen LogP contribution in [0.2, 0.25) is 0 Å². The van der Waals surface area contributed by atoms with E-state index >= 15 is 0 Å². The average Bonchev–Trinajstić information content (AvgIpc) is 3.22. The Labute approximate surface area is 162 Å². The molecule has 1 amide bonds. The molecule has 142 valence electrons. The highest BCUT2D eigenvalue weighted by Gasteiger charge is 2.20. The molecule has 0 saturated heterocycles. The van der Waals surface area contributed by atoms with Crippen molar-refractivity contribution in [2.75, 3.05) is 11.1 Å². The van der Waals surface area contributed by atoms with Gasteiger partial charge in [-0.1, -0.05) is 25.9 Å². The van der Waals surface area contributed by atoms with Crippen LogP contribution in [-0.2, 0) is 29.5 Å². The molecule has 0 atom stereocenters. The van der Waals surface area contributed by atoms with Crippen LogP contribution in [0.1, 0.15) is 42.7 Å². The molecule has 0 fully saturated rings. The minimum atomic E-state index is -0.161. The third-order valence-corrected chi connectivity index (χ3v) is 4.92. The van der Waals surface area contributed by atoms with Crippen LogP contribution in [0.15, 0.2) is 35.1 Å². The van der Waals surface area contributed by atoms with Crippen LogP contribution in [0.5, 0.6) is 0 Å². The molecule has 0 aliphatic rings. The average molecular weight is 385 g/mol. The van der Waals surface area contributed by atoms with E-state index in [1.54, 1.807) is 12.4 Å². The van der Waals surface area contributed by atoms with Crippen LogP contribution < -0.4 is 11.1 Å². The van der Waals surface area contributed by atoms with Gasteiger partial charge in [-0.25, -0.2) is 9.97 Å². The minimum Gasteiger partial charge on any atom is -0.384 e.